The van der Waals surface area contributed by atoms with Crippen molar-refractivity contribution in [3.8, 4) is 11.5 Å². The number of hydrogen-bond acceptors (Lipinski definition) is 3. The molecule has 0 unspecified atom stereocenters. The van der Waals surface area contributed by atoms with Gasteiger partial charge in [-0.05, 0) is 12.5 Å². The van der Waals surface area contributed by atoms with Crippen molar-refractivity contribution in [3.63, 3.8) is 0 Å². The molecule has 1 N–H and O–H groups in total. The molecule has 0 radical (unpaired) electrons. The zero-order valence-electron chi connectivity index (χ0n) is 9.42. The Bertz CT molecular complexity index is 434. The first kappa shape index (κ1) is 13.8. The summed E-state index contributed by atoms with van der Waals surface area (Å²) in [6.07, 6.45) is 0.166. The zero-order valence-corrected chi connectivity index (χ0v) is 11.0. The van der Waals surface area contributed by atoms with E-state index in [2.05, 4.69) is 15.9 Å². The number of carbonyl (C=O) groups is 1. The van der Waals surface area contributed by atoms with Gasteiger partial charge in [0.2, 0.25) is 0 Å². The van der Waals surface area contributed by atoms with Crippen molar-refractivity contribution in [1.82, 2.24) is 0 Å². The summed E-state index contributed by atoms with van der Waals surface area (Å²) in [6, 6.07) is 1.23. The molecule has 1 aromatic rings. The Kier molecular flexibility index (Phi) is 4.74. The molecule has 0 aliphatic carbocycles. The molecule has 0 amide bonds. The molecule has 0 aliphatic rings. The van der Waals surface area contributed by atoms with Gasteiger partial charge in [-0.2, -0.15) is 0 Å². The molecule has 0 bridgehead atoms. The first-order valence-corrected chi connectivity index (χ1v) is 5.61. The molecule has 0 spiro atoms. The van der Waals surface area contributed by atoms with Gasteiger partial charge in [-0.15, -0.1) is 0 Å². The lowest BCUT2D eigenvalue weighted by molar-refractivity contribution is -0.136. The number of rotatable bonds is 5. The topological polar surface area (TPSA) is 55.8 Å². The smallest absolute Gasteiger partial charge is 0.303 e. The van der Waals surface area contributed by atoms with Crippen LogP contribution in [0.1, 0.15) is 12.0 Å². The summed E-state index contributed by atoms with van der Waals surface area (Å²) in [4.78, 5) is 10.5. The number of ether oxygens (including phenoxy) is 2. The number of methoxy groups -OCH3 is 2. The van der Waals surface area contributed by atoms with E-state index in [4.69, 9.17) is 14.6 Å². The molecule has 6 heteroatoms. The Balaban J connectivity index is 3.21. The molecule has 1 rings (SSSR count). The van der Waals surface area contributed by atoms with Crippen LogP contribution >= 0.6 is 15.9 Å². The Morgan fingerprint density at radius 1 is 1.41 bits per heavy atom. The Labute approximate surface area is 106 Å². The number of halogens is 2. The number of carboxylic acid groups (broad SMARTS) is 1. The van der Waals surface area contributed by atoms with E-state index in [9.17, 15) is 9.18 Å². The van der Waals surface area contributed by atoms with Crippen LogP contribution in [0.4, 0.5) is 4.39 Å². The van der Waals surface area contributed by atoms with E-state index in [1.807, 2.05) is 0 Å². The van der Waals surface area contributed by atoms with Gasteiger partial charge in [-0.25, -0.2) is 4.39 Å². The van der Waals surface area contributed by atoms with E-state index in [1.165, 1.54) is 20.3 Å². The fourth-order valence-corrected chi connectivity index (χ4v) is 2.07. The molecule has 0 fully saturated rings. The van der Waals surface area contributed by atoms with E-state index in [1.54, 1.807) is 0 Å². The average molecular weight is 307 g/mol. The summed E-state index contributed by atoms with van der Waals surface area (Å²) in [5.41, 5.74) is 0.577. The molecule has 0 aliphatic heterocycles. The van der Waals surface area contributed by atoms with E-state index in [0.29, 0.717) is 10.0 Å². The predicted molar refractivity (Wildman–Crippen MR) is 63.2 cm³/mol. The van der Waals surface area contributed by atoms with E-state index in [-0.39, 0.29) is 24.3 Å². The maximum absolute atomic E-state index is 13.5. The van der Waals surface area contributed by atoms with Crippen molar-refractivity contribution in [3.05, 3.63) is 21.9 Å². The third kappa shape index (κ3) is 3.09. The fourth-order valence-electron chi connectivity index (χ4n) is 1.49. The van der Waals surface area contributed by atoms with Crippen LogP contribution < -0.4 is 9.47 Å². The largest absolute Gasteiger partial charge is 0.492 e. The van der Waals surface area contributed by atoms with E-state index in [0.717, 1.165) is 0 Å². The number of aliphatic carboxylic acids is 1. The van der Waals surface area contributed by atoms with Crippen LogP contribution in [0.3, 0.4) is 0 Å². The quantitative estimate of drug-likeness (QED) is 0.908. The van der Waals surface area contributed by atoms with Crippen molar-refractivity contribution in [1.29, 1.82) is 0 Å². The predicted octanol–water partition coefficient (Wildman–Crippen LogP) is 2.62. The molecule has 0 saturated carbocycles. The van der Waals surface area contributed by atoms with Gasteiger partial charge in [0.25, 0.3) is 0 Å². The maximum Gasteiger partial charge on any atom is 0.303 e. The van der Waals surface area contributed by atoms with Crippen LogP contribution in [0.5, 0.6) is 11.5 Å². The molecule has 4 nitrogen and oxygen atoms in total. The molecule has 1 aromatic carbocycles. The van der Waals surface area contributed by atoms with E-state index < -0.39 is 11.8 Å². The second kappa shape index (κ2) is 5.86. The number of carboxylic acids is 1. The van der Waals surface area contributed by atoms with Gasteiger partial charge in [0.05, 0.1) is 14.2 Å². The summed E-state index contributed by atoms with van der Waals surface area (Å²) >= 11 is 3.18. The molecule has 17 heavy (non-hydrogen) atoms. The minimum Gasteiger partial charge on any atom is -0.492 e. The first-order valence-electron chi connectivity index (χ1n) is 4.81. The SMILES string of the molecule is COc1c(F)cc(Br)c(CCC(=O)O)c1OC. The normalized spacial score (nSPS) is 10.1. The average Bonchev–Trinajstić information content (AvgIpc) is 2.26. The lowest BCUT2D eigenvalue weighted by Gasteiger charge is -2.14. The molecule has 0 aromatic heterocycles. The van der Waals surface area contributed by atoms with Gasteiger partial charge >= 0.3 is 5.97 Å². The summed E-state index contributed by atoms with van der Waals surface area (Å²) in [7, 11) is 2.71. The second-order valence-electron chi connectivity index (χ2n) is 3.28. The van der Waals surface area contributed by atoms with Crippen molar-refractivity contribution < 1.29 is 23.8 Å². The molecular weight excluding hydrogens is 295 g/mol. The van der Waals surface area contributed by atoms with Gasteiger partial charge in [0.1, 0.15) is 0 Å². The van der Waals surface area contributed by atoms with Crippen LogP contribution in [-0.2, 0) is 11.2 Å². The van der Waals surface area contributed by atoms with Crippen molar-refractivity contribution >= 4 is 21.9 Å². The molecule has 0 heterocycles. The van der Waals surface area contributed by atoms with Crippen molar-refractivity contribution in [2.24, 2.45) is 0 Å². The highest BCUT2D eigenvalue weighted by Crippen LogP contribution is 2.39. The molecule has 94 valence electrons. The number of hydrogen-bond donors (Lipinski definition) is 1. The summed E-state index contributed by atoms with van der Waals surface area (Å²) < 4.78 is 24.0. The third-order valence-corrected chi connectivity index (χ3v) is 2.94. The fraction of sp³-hybridized carbons (Fsp3) is 0.364. The van der Waals surface area contributed by atoms with Crippen molar-refractivity contribution in [2.75, 3.05) is 14.2 Å². The highest BCUT2D eigenvalue weighted by molar-refractivity contribution is 9.10. The Hall–Kier alpha value is -1.30. The second-order valence-corrected chi connectivity index (χ2v) is 4.13. The van der Waals surface area contributed by atoms with Gasteiger partial charge in [0.15, 0.2) is 17.3 Å². The van der Waals surface area contributed by atoms with Crippen LogP contribution in [-0.4, -0.2) is 25.3 Å². The van der Waals surface area contributed by atoms with Gasteiger partial charge in [-0.1, -0.05) is 15.9 Å². The van der Waals surface area contributed by atoms with Crippen LogP contribution in [0.25, 0.3) is 0 Å². The molecule has 0 atom stereocenters. The summed E-state index contributed by atoms with van der Waals surface area (Å²) in [5.74, 6) is -1.28. The third-order valence-electron chi connectivity index (χ3n) is 2.24. The first-order chi connectivity index (χ1) is 8.01. The minimum absolute atomic E-state index is 0.0175. The van der Waals surface area contributed by atoms with Crippen LogP contribution in [0, 0.1) is 5.82 Å². The van der Waals surface area contributed by atoms with E-state index >= 15 is 0 Å². The van der Waals surface area contributed by atoms with Crippen LogP contribution in [0.2, 0.25) is 0 Å². The van der Waals surface area contributed by atoms with Gasteiger partial charge in [-0.3, -0.25) is 4.79 Å². The standard InChI is InChI=1S/C11H12BrFO4/c1-16-10-6(3-4-9(14)15)7(12)5-8(13)11(10)17-2/h5H,3-4H2,1-2H3,(H,14,15). The van der Waals surface area contributed by atoms with Crippen LogP contribution in [0.15, 0.2) is 10.5 Å². The molecule has 0 saturated heterocycles. The molecular formula is C11H12BrFO4. The van der Waals surface area contributed by atoms with Gasteiger partial charge < -0.3 is 14.6 Å². The Morgan fingerprint density at radius 2 is 2.00 bits per heavy atom. The highest BCUT2D eigenvalue weighted by Gasteiger charge is 2.19. The lowest BCUT2D eigenvalue weighted by Crippen LogP contribution is -2.03. The minimum atomic E-state index is -0.928. The Morgan fingerprint density at radius 3 is 2.47 bits per heavy atom. The lowest BCUT2D eigenvalue weighted by atomic mass is 10.1. The highest BCUT2D eigenvalue weighted by atomic mass is 79.9. The maximum atomic E-state index is 13.5. The monoisotopic (exact) mass is 306 g/mol. The van der Waals surface area contributed by atoms with Crippen molar-refractivity contribution in [2.45, 2.75) is 12.8 Å². The van der Waals surface area contributed by atoms with Gasteiger partial charge in [0, 0.05) is 16.5 Å². The zero-order chi connectivity index (χ0) is 13.0. The summed E-state index contributed by atoms with van der Waals surface area (Å²) in [5, 5.41) is 8.65. The summed E-state index contributed by atoms with van der Waals surface area (Å²) in [6.45, 7) is 0. The number of benzene rings is 1.